The van der Waals surface area contributed by atoms with Crippen LogP contribution in [-0.2, 0) is 4.79 Å². The van der Waals surface area contributed by atoms with Gasteiger partial charge < -0.3 is 10.6 Å². The Balaban J connectivity index is 1.86. The molecule has 0 aliphatic carbocycles. The quantitative estimate of drug-likeness (QED) is 0.817. The van der Waals surface area contributed by atoms with Gasteiger partial charge in [0.1, 0.15) is 0 Å². The molecule has 3 rings (SSSR count). The molecule has 18 heavy (non-hydrogen) atoms. The summed E-state index contributed by atoms with van der Waals surface area (Å²) in [5.74, 6) is 0.757. The molecule has 1 aromatic carbocycles. The summed E-state index contributed by atoms with van der Waals surface area (Å²) in [5.41, 5.74) is 2.37. The highest BCUT2D eigenvalue weighted by Gasteiger charge is 2.24. The Kier molecular flexibility index (Phi) is 3.31. The van der Waals surface area contributed by atoms with Gasteiger partial charge in [0, 0.05) is 4.90 Å². The summed E-state index contributed by atoms with van der Waals surface area (Å²) in [6, 6.07) is 6.56. The molecule has 2 N–H and O–H groups in total. The van der Waals surface area contributed by atoms with E-state index in [1.165, 1.54) is 23.3 Å². The van der Waals surface area contributed by atoms with Gasteiger partial charge in [-0.25, -0.2) is 0 Å². The maximum absolute atomic E-state index is 11.7. The van der Waals surface area contributed by atoms with E-state index < -0.39 is 0 Å². The summed E-state index contributed by atoms with van der Waals surface area (Å²) in [7, 11) is 0. The van der Waals surface area contributed by atoms with E-state index >= 15 is 0 Å². The average molecular weight is 262 g/mol. The second-order valence-corrected chi connectivity index (χ2v) is 6.41. The third-order valence-electron chi connectivity index (χ3n) is 3.75. The molecule has 96 valence electrons. The van der Waals surface area contributed by atoms with E-state index in [1.54, 1.807) is 11.8 Å². The highest BCUT2D eigenvalue weighted by molar-refractivity contribution is 8.00. The second kappa shape index (κ2) is 4.94. The van der Waals surface area contributed by atoms with Crippen LogP contribution in [0.3, 0.4) is 0 Å². The van der Waals surface area contributed by atoms with Crippen LogP contribution in [0, 0.1) is 0 Å². The summed E-state index contributed by atoms with van der Waals surface area (Å²) in [6.07, 6.45) is 2.38. The van der Waals surface area contributed by atoms with Crippen molar-refractivity contribution in [2.45, 2.75) is 35.8 Å². The normalized spacial score (nSPS) is 24.5. The minimum Gasteiger partial charge on any atom is -0.324 e. The fourth-order valence-electron chi connectivity index (χ4n) is 2.64. The van der Waals surface area contributed by atoms with Crippen LogP contribution in [0.5, 0.6) is 0 Å². The molecule has 1 fully saturated rings. The van der Waals surface area contributed by atoms with E-state index in [9.17, 15) is 4.79 Å². The average Bonchev–Trinajstić information content (AvgIpc) is 2.41. The predicted octanol–water partition coefficient (Wildman–Crippen LogP) is 2.59. The number of piperidine rings is 1. The molecule has 0 bridgehead atoms. The fourth-order valence-corrected chi connectivity index (χ4v) is 3.57. The first-order valence-electron chi connectivity index (χ1n) is 6.56. The molecule has 1 amide bonds. The Morgan fingerprint density at radius 2 is 2.06 bits per heavy atom. The van der Waals surface area contributed by atoms with E-state index in [0.29, 0.717) is 5.92 Å². The highest BCUT2D eigenvalue weighted by atomic mass is 32.2. The van der Waals surface area contributed by atoms with Crippen LogP contribution in [0.15, 0.2) is 23.1 Å². The summed E-state index contributed by atoms with van der Waals surface area (Å²) < 4.78 is 0. The van der Waals surface area contributed by atoms with Gasteiger partial charge in [-0.15, -0.1) is 11.8 Å². The number of carbonyl (C=O) groups excluding carboxylic acids is 1. The monoisotopic (exact) mass is 262 g/mol. The van der Waals surface area contributed by atoms with Crippen molar-refractivity contribution < 1.29 is 4.79 Å². The molecule has 0 spiro atoms. The number of amides is 1. The van der Waals surface area contributed by atoms with Crippen LogP contribution < -0.4 is 10.6 Å². The number of thioether (sulfide) groups is 1. The molecule has 1 saturated heterocycles. The predicted molar refractivity (Wildman–Crippen MR) is 75.2 cm³/mol. The number of carbonyl (C=O) groups is 1. The van der Waals surface area contributed by atoms with Crippen LogP contribution in [0.2, 0.25) is 0 Å². The van der Waals surface area contributed by atoms with Crippen molar-refractivity contribution in [2.75, 3.05) is 18.4 Å². The number of nitrogens with one attached hydrogen (secondary N) is 2. The van der Waals surface area contributed by atoms with Crippen LogP contribution >= 0.6 is 11.8 Å². The maximum Gasteiger partial charge on any atom is 0.237 e. The minimum absolute atomic E-state index is 0.0160. The zero-order chi connectivity index (χ0) is 12.5. The maximum atomic E-state index is 11.7. The molecular weight excluding hydrogens is 244 g/mol. The van der Waals surface area contributed by atoms with Crippen molar-refractivity contribution in [2.24, 2.45) is 0 Å². The number of benzene rings is 1. The van der Waals surface area contributed by atoms with E-state index in [1.807, 2.05) is 6.92 Å². The fraction of sp³-hybridized carbons (Fsp3) is 0.500. The Morgan fingerprint density at radius 1 is 1.28 bits per heavy atom. The number of anilines is 1. The van der Waals surface area contributed by atoms with Crippen LogP contribution in [0.25, 0.3) is 0 Å². The Bertz CT molecular complexity index is 469. The van der Waals surface area contributed by atoms with Gasteiger partial charge in [-0.1, -0.05) is 6.07 Å². The SMILES string of the molecule is CC1Sc2ccc(C3CCNCC3)cc2NC1=O. The zero-order valence-corrected chi connectivity index (χ0v) is 11.3. The molecule has 2 aliphatic rings. The van der Waals surface area contributed by atoms with Crippen LogP contribution in [0.1, 0.15) is 31.2 Å². The summed E-state index contributed by atoms with van der Waals surface area (Å²) in [5, 5.41) is 6.42. The lowest BCUT2D eigenvalue weighted by atomic mass is 9.90. The van der Waals surface area contributed by atoms with Gasteiger partial charge >= 0.3 is 0 Å². The third-order valence-corrected chi connectivity index (χ3v) is 4.92. The molecule has 2 heterocycles. The summed E-state index contributed by atoms with van der Waals surface area (Å²) in [4.78, 5) is 12.9. The topological polar surface area (TPSA) is 41.1 Å². The number of rotatable bonds is 1. The Hall–Kier alpha value is -1.00. The van der Waals surface area contributed by atoms with Gasteiger partial charge in [0.2, 0.25) is 5.91 Å². The van der Waals surface area contributed by atoms with Gasteiger partial charge in [0.15, 0.2) is 0 Å². The molecular formula is C14H18N2OS. The smallest absolute Gasteiger partial charge is 0.237 e. The first-order valence-corrected chi connectivity index (χ1v) is 7.44. The third kappa shape index (κ3) is 2.27. The Morgan fingerprint density at radius 3 is 2.83 bits per heavy atom. The number of fused-ring (bicyclic) bond motifs is 1. The van der Waals surface area contributed by atoms with E-state index in [2.05, 4.69) is 28.8 Å². The molecule has 2 aliphatic heterocycles. The van der Waals surface area contributed by atoms with Crippen molar-refractivity contribution in [1.82, 2.24) is 5.32 Å². The van der Waals surface area contributed by atoms with Gasteiger partial charge in [-0.05, 0) is 56.5 Å². The van der Waals surface area contributed by atoms with Gasteiger partial charge in [-0.3, -0.25) is 4.79 Å². The second-order valence-electron chi connectivity index (χ2n) is 5.03. The van der Waals surface area contributed by atoms with E-state index in [-0.39, 0.29) is 11.2 Å². The van der Waals surface area contributed by atoms with E-state index in [0.717, 1.165) is 18.8 Å². The molecule has 0 aromatic heterocycles. The molecule has 4 heteroatoms. The highest BCUT2D eigenvalue weighted by Crippen LogP contribution is 2.38. The molecule has 1 unspecified atom stereocenters. The molecule has 0 radical (unpaired) electrons. The van der Waals surface area contributed by atoms with Crippen molar-refractivity contribution in [3.8, 4) is 0 Å². The molecule has 3 nitrogen and oxygen atoms in total. The largest absolute Gasteiger partial charge is 0.324 e. The zero-order valence-electron chi connectivity index (χ0n) is 10.5. The van der Waals surface area contributed by atoms with Crippen molar-refractivity contribution in [3.63, 3.8) is 0 Å². The van der Waals surface area contributed by atoms with Crippen molar-refractivity contribution in [3.05, 3.63) is 23.8 Å². The van der Waals surface area contributed by atoms with Crippen molar-refractivity contribution in [1.29, 1.82) is 0 Å². The molecule has 1 aromatic rings. The van der Waals surface area contributed by atoms with E-state index in [4.69, 9.17) is 0 Å². The van der Waals surface area contributed by atoms with Crippen LogP contribution in [0.4, 0.5) is 5.69 Å². The summed E-state index contributed by atoms with van der Waals surface area (Å²) in [6.45, 7) is 4.14. The minimum atomic E-state index is 0.0160. The molecule has 0 saturated carbocycles. The first kappa shape index (κ1) is 12.1. The lowest BCUT2D eigenvalue weighted by Crippen LogP contribution is -2.28. The lowest BCUT2D eigenvalue weighted by Gasteiger charge is -2.26. The number of hydrogen-bond donors (Lipinski definition) is 2. The standard InChI is InChI=1S/C14H18N2OS/c1-9-14(17)16-12-8-11(2-3-13(12)18-9)10-4-6-15-7-5-10/h2-3,8-10,15H,4-7H2,1H3,(H,16,17). The lowest BCUT2D eigenvalue weighted by molar-refractivity contribution is -0.115. The Labute approximate surface area is 112 Å². The van der Waals surface area contributed by atoms with Gasteiger partial charge in [0.25, 0.3) is 0 Å². The summed E-state index contributed by atoms with van der Waals surface area (Å²) >= 11 is 1.65. The van der Waals surface area contributed by atoms with Gasteiger partial charge in [0.05, 0.1) is 10.9 Å². The van der Waals surface area contributed by atoms with Crippen molar-refractivity contribution >= 4 is 23.4 Å². The van der Waals surface area contributed by atoms with Gasteiger partial charge in [-0.2, -0.15) is 0 Å². The molecule has 1 atom stereocenters. The first-order chi connectivity index (χ1) is 8.74. The number of hydrogen-bond acceptors (Lipinski definition) is 3. The van der Waals surface area contributed by atoms with Crippen LogP contribution in [-0.4, -0.2) is 24.2 Å².